The molecule has 4 nitrogen and oxygen atoms in total. The Kier molecular flexibility index (Phi) is 6.18. The fraction of sp³-hybridized carbons (Fsp3) is 0.684. The molecular formula is C19H25ClF3N3O. The van der Waals surface area contributed by atoms with Crippen molar-refractivity contribution in [3.05, 3.63) is 22.8 Å². The predicted molar refractivity (Wildman–Crippen MR) is 98.7 cm³/mol. The highest BCUT2D eigenvalue weighted by Crippen LogP contribution is 2.34. The van der Waals surface area contributed by atoms with Crippen molar-refractivity contribution in [1.82, 2.24) is 10.3 Å². The first-order chi connectivity index (χ1) is 12.8. The summed E-state index contributed by atoms with van der Waals surface area (Å²) in [4.78, 5) is 18.4. The van der Waals surface area contributed by atoms with Crippen LogP contribution in [0, 0.1) is 11.8 Å². The molecule has 0 unspecified atom stereocenters. The van der Waals surface area contributed by atoms with E-state index < -0.39 is 11.7 Å². The standard InChI is InChI=1S/C19H25ClF3N3O/c1-12-4-2-3-5-16(12)25-18(27)13-6-8-26(9-7-13)17-15(20)10-14(11-24-17)19(21,22)23/h10-13,16H,2-9H2,1H3,(H,25,27)/t12-,16-/m1/s1. The molecule has 1 amide bonds. The van der Waals surface area contributed by atoms with Crippen LogP contribution in [0.3, 0.4) is 0 Å². The maximum Gasteiger partial charge on any atom is 0.417 e. The van der Waals surface area contributed by atoms with E-state index in [0.717, 1.165) is 31.5 Å². The number of anilines is 1. The molecule has 2 aliphatic rings. The summed E-state index contributed by atoms with van der Waals surface area (Å²) in [5, 5.41) is 3.19. The zero-order valence-electron chi connectivity index (χ0n) is 15.4. The van der Waals surface area contributed by atoms with Gasteiger partial charge >= 0.3 is 6.18 Å². The van der Waals surface area contributed by atoms with Crippen molar-refractivity contribution < 1.29 is 18.0 Å². The Balaban J connectivity index is 1.56. The number of nitrogens with zero attached hydrogens (tertiary/aromatic N) is 2. The smallest absolute Gasteiger partial charge is 0.355 e. The Labute approximate surface area is 162 Å². The number of carbonyl (C=O) groups is 1. The number of piperidine rings is 1. The summed E-state index contributed by atoms with van der Waals surface area (Å²) < 4.78 is 38.2. The van der Waals surface area contributed by atoms with Gasteiger partial charge in [-0.25, -0.2) is 4.98 Å². The Morgan fingerprint density at radius 2 is 1.89 bits per heavy atom. The fourth-order valence-electron chi connectivity index (χ4n) is 4.00. The summed E-state index contributed by atoms with van der Waals surface area (Å²) in [5.74, 6) is 0.894. The molecule has 2 atom stereocenters. The molecule has 1 aliphatic carbocycles. The van der Waals surface area contributed by atoms with Crippen LogP contribution in [0.25, 0.3) is 0 Å². The molecular weight excluding hydrogens is 379 g/mol. The van der Waals surface area contributed by atoms with Gasteiger partial charge in [0.05, 0.1) is 10.6 Å². The zero-order valence-corrected chi connectivity index (χ0v) is 16.1. The summed E-state index contributed by atoms with van der Waals surface area (Å²) in [6.45, 7) is 3.29. The van der Waals surface area contributed by atoms with E-state index in [4.69, 9.17) is 11.6 Å². The van der Waals surface area contributed by atoms with Crippen molar-refractivity contribution in [2.24, 2.45) is 11.8 Å². The molecule has 0 bridgehead atoms. The quantitative estimate of drug-likeness (QED) is 0.798. The number of carbonyl (C=O) groups excluding carboxylic acids is 1. The average Bonchev–Trinajstić information content (AvgIpc) is 2.63. The highest BCUT2D eigenvalue weighted by atomic mass is 35.5. The molecule has 0 radical (unpaired) electrons. The van der Waals surface area contributed by atoms with Crippen LogP contribution in [-0.4, -0.2) is 30.0 Å². The van der Waals surface area contributed by atoms with Crippen LogP contribution in [0.15, 0.2) is 12.3 Å². The van der Waals surface area contributed by atoms with Crippen LogP contribution in [0.1, 0.15) is 51.0 Å². The Morgan fingerprint density at radius 1 is 1.22 bits per heavy atom. The maximum atomic E-state index is 12.7. The van der Waals surface area contributed by atoms with Crippen LogP contribution in [0.2, 0.25) is 5.02 Å². The van der Waals surface area contributed by atoms with Gasteiger partial charge in [-0.2, -0.15) is 13.2 Å². The number of aromatic nitrogens is 1. The number of nitrogens with one attached hydrogen (secondary N) is 1. The second kappa shape index (κ2) is 8.25. The molecule has 0 spiro atoms. The number of amides is 1. The first-order valence-electron chi connectivity index (χ1n) is 9.53. The van der Waals surface area contributed by atoms with E-state index in [0.29, 0.717) is 37.7 Å². The summed E-state index contributed by atoms with van der Waals surface area (Å²) in [7, 11) is 0. The van der Waals surface area contributed by atoms with Crippen LogP contribution in [-0.2, 0) is 11.0 Å². The number of alkyl halides is 3. The SMILES string of the molecule is C[C@@H]1CCCC[C@H]1NC(=O)C1CCN(c2ncc(C(F)(F)F)cc2Cl)CC1. The number of hydrogen-bond acceptors (Lipinski definition) is 3. The van der Waals surface area contributed by atoms with Gasteiger partial charge in [0.1, 0.15) is 5.82 Å². The monoisotopic (exact) mass is 403 g/mol. The predicted octanol–water partition coefficient (Wildman–Crippen LogP) is 4.67. The molecule has 27 heavy (non-hydrogen) atoms. The normalized spacial score (nSPS) is 24.7. The van der Waals surface area contributed by atoms with E-state index in [1.165, 1.54) is 6.42 Å². The first kappa shape index (κ1) is 20.2. The summed E-state index contributed by atoms with van der Waals surface area (Å²) in [5.41, 5.74) is -0.855. The van der Waals surface area contributed by atoms with Gasteiger partial charge in [0.2, 0.25) is 5.91 Å². The lowest BCUT2D eigenvalue weighted by molar-refractivity contribution is -0.137. The van der Waals surface area contributed by atoms with Crippen LogP contribution in [0.4, 0.5) is 19.0 Å². The van der Waals surface area contributed by atoms with Gasteiger partial charge in [0.15, 0.2) is 0 Å². The lowest BCUT2D eigenvalue weighted by Gasteiger charge is -2.35. The van der Waals surface area contributed by atoms with E-state index in [2.05, 4.69) is 17.2 Å². The van der Waals surface area contributed by atoms with Crippen molar-refractivity contribution in [1.29, 1.82) is 0 Å². The van der Waals surface area contributed by atoms with Crippen LogP contribution >= 0.6 is 11.6 Å². The van der Waals surface area contributed by atoms with Crippen LogP contribution in [0.5, 0.6) is 0 Å². The van der Waals surface area contributed by atoms with E-state index in [9.17, 15) is 18.0 Å². The van der Waals surface area contributed by atoms with Gasteiger partial charge in [0, 0.05) is 31.2 Å². The maximum absolute atomic E-state index is 12.7. The lowest BCUT2D eigenvalue weighted by Crippen LogP contribution is -2.46. The van der Waals surface area contributed by atoms with Gasteiger partial charge < -0.3 is 10.2 Å². The Morgan fingerprint density at radius 3 is 2.48 bits per heavy atom. The third-order valence-electron chi connectivity index (χ3n) is 5.75. The van der Waals surface area contributed by atoms with Crippen molar-refractivity contribution in [2.75, 3.05) is 18.0 Å². The molecule has 3 rings (SSSR count). The van der Waals surface area contributed by atoms with E-state index in [-0.39, 0.29) is 22.9 Å². The van der Waals surface area contributed by atoms with Crippen molar-refractivity contribution >= 4 is 23.3 Å². The molecule has 1 aromatic heterocycles. The minimum atomic E-state index is -4.46. The number of hydrogen-bond donors (Lipinski definition) is 1. The fourth-order valence-corrected chi connectivity index (χ4v) is 4.29. The van der Waals surface area contributed by atoms with Gasteiger partial charge in [-0.1, -0.05) is 31.4 Å². The van der Waals surface area contributed by atoms with Gasteiger partial charge in [-0.15, -0.1) is 0 Å². The Hall–Kier alpha value is -1.50. The highest BCUT2D eigenvalue weighted by molar-refractivity contribution is 6.33. The van der Waals surface area contributed by atoms with E-state index in [1.54, 1.807) is 0 Å². The third-order valence-corrected chi connectivity index (χ3v) is 6.03. The summed E-state index contributed by atoms with van der Waals surface area (Å²) >= 11 is 6.03. The minimum Gasteiger partial charge on any atom is -0.355 e. The number of halogens is 4. The largest absolute Gasteiger partial charge is 0.417 e. The van der Waals surface area contributed by atoms with E-state index in [1.807, 2.05) is 4.90 Å². The molecule has 1 saturated heterocycles. The topological polar surface area (TPSA) is 45.2 Å². The lowest BCUT2D eigenvalue weighted by atomic mass is 9.85. The molecule has 1 saturated carbocycles. The average molecular weight is 404 g/mol. The molecule has 1 N–H and O–H groups in total. The first-order valence-corrected chi connectivity index (χ1v) is 9.91. The Bertz CT molecular complexity index is 675. The molecule has 8 heteroatoms. The molecule has 1 aromatic rings. The molecule has 0 aromatic carbocycles. The van der Waals surface area contributed by atoms with Gasteiger partial charge in [0.25, 0.3) is 0 Å². The number of rotatable bonds is 3. The van der Waals surface area contributed by atoms with E-state index >= 15 is 0 Å². The van der Waals surface area contributed by atoms with Crippen molar-refractivity contribution in [3.8, 4) is 0 Å². The van der Waals surface area contributed by atoms with Crippen molar-refractivity contribution in [2.45, 2.75) is 57.7 Å². The summed E-state index contributed by atoms with van der Waals surface area (Å²) in [6, 6.07) is 1.17. The molecule has 2 heterocycles. The zero-order chi connectivity index (χ0) is 19.6. The minimum absolute atomic E-state index is 0.0104. The number of pyridine rings is 1. The molecule has 1 aliphatic heterocycles. The second-order valence-electron chi connectivity index (χ2n) is 7.67. The highest BCUT2D eigenvalue weighted by Gasteiger charge is 2.33. The molecule has 150 valence electrons. The van der Waals surface area contributed by atoms with Gasteiger partial charge in [-0.05, 0) is 37.7 Å². The van der Waals surface area contributed by atoms with Crippen molar-refractivity contribution in [3.63, 3.8) is 0 Å². The van der Waals surface area contributed by atoms with Gasteiger partial charge in [-0.3, -0.25) is 4.79 Å². The molecule has 2 fully saturated rings. The van der Waals surface area contributed by atoms with Crippen LogP contribution < -0.4 is 10.2 Å². The third kappa shape index (κ3) is 4.86. The summed E-state index contributed by atoms with van der Waals surface area (Å²) in [6.07, 6.45) is 2.22. The second-order valence-corrected chi connectivity index (χ2v) is 8.07.